The minimum atomic E-state index is -0.111. The Labute approximate surface area is 210 Å². The molecule has 2 amide bonds. The summed E-state index contributed by atoms with van der Waals surface area (Å²) in [6.07, 6.45) is 1.79. The highest BCUT2D eigenvalue weighted by molar-refractivity contribution is 7.99. The molecule has 0 aliphatic carbocycles. The molecule has 1 aliphatic rings. The van der Waals surface area contributed by atoms with Crippen LogP contribution in [-0.4, -0.2) is 78.2 Å². The molecule has 35 heavy (non-hydrogen) atoms. The average Bonchev–Trinajstić information content (AvgIpc) is 2.89. The summed E-state index contributed by atoms with van der Waals surface area (Å²) in [5.74, 6) is 0.801. The van der Waals surface area contributed by atoms with Gasteiger partial charge in [0.05, 0.1) is 22.5 Å². The van der Waals surface area contributed by atoms with E-state index < -0.39 is 0 Å². The van der Waals surface area contributed by atoms with E-state index in [9.17, 15) is 9.59 Å². The molecule has 4 rings (SSSR count). The molecule has 1 aromatic heterocycles. The van der Waals surface area contributed by atoms with Gasteiger partial charge in [-0.3, -0.25) is 4.79 Å². The van der Waals surface area contributed by atoms with Crippen LogP contribution in [-0.2, 0) is 6.54 Å². The molecule has 3 aromatic rings. The Kier molecular flexibility index (Phi) is 8.44. The summed E-state index contributed by atoms with van der Waals surface area (Å²) < 4.78 is 1.47. The summed E-state index contributed by atoms with van der Waals surface area (Å²) in [7, 11) is 4.05. The number of hydrogen-bond acceptors (Lipinski definition) is 6. The van der Waals surface area contributed by atoms with Crippen LogP contribution in [0.15, 0.2) is 76.6 Å². The van der Waals surface area contributed by atoms with Gasteiger partial charge in [0.1, 0.15) is 0 Å². The Morgan fingerprint density at radius 3 is 2.31 bits per heavy atom. The number of amides is 2. The molecule has 0 radical (unpaired) electrons. The third-order valence-corrected chi connectivity index (χ3v) is 6.95. The van der Waals surface area contributed by atoms with E-state index in [2.05, 4.69) is 20.2 Å². The zero-order valence-corrected chi connectivity index (χ0v) is 21.1. The van der Waals surface area contributed by atoms with Gasteiger partial charge in [-0.25, -0.2) is 4.79 Å². The average molecular weight is 493 g/mol. The van der Waals surface area contributed by atoms with Crippen molar-refractivity contribution in [3.05, 3.63) is 82.8 Å². The molecular weight excluding hydrogens is 460 g/mol. The van der Waals surface area contributed by atoms with Crippen LogP contribution in [0.3, 0.4) is 0 Å². The molecule has 1 fully saturated rings. The lowest BCUT2D eigenvalue weighted by Crippen LogP contribution is -2.52. The first kappa shape index (κ1) is 24.8. The minimum Gasteiger partial charge on any atom is -0.366 e. The Morgan fingerprint density at radius 1 is 1.00 bits per heavy atom. The molecule has 0 atom stereocenters. The smallest absolute Gasteiger partial charge is 0.317 e. The van der Waals surface area contributed by atoms with Crippen LogP contribution in [0.25, 0.3) is 5.69 Å². The number of nitrogens with zero attached hydrogens (tertiary/aromatic N) is 5. The fourth-order valence-corrected chi connectivity index (χ4v) is 5.11. The highest BCUT2D eigenvalue weighted by Crippen LogP contribution is 2.27. The molecule has 0 spiro atoms. The molecule has 8 nitrogen and oxygen atoms in total. The molecule has 2 heterocycles. The molecule has 9 heteroatoms. The van der Waals surface area contributed by atoms with Crippen LogP contribution in [0.1, 0.15) is 5.56 Å². The van der Waals surface area contributed by atoms with Crippen molar-refractivity contribution in [1.82, 2.24) is 24.9 Å². The van der Waals surface area contributed by atoms with E-state index >= 15 is 0 Å². The van der Waals surface area contributed by atoms with Crippen molar-refractivity contribution in [2.75, 3.05) is 57.5 Å². The van der Waals surface area contributed by atoms with Crippen molar-refractivity contribution in [1.29, 1.82) is 0 Å². The Hall–Kier alpha value is -3.30. The highest BCUT2D eigenvalue weighted by Gasteiger charge is 2.25. The Morgan fingerprint density at radius 2 is 1.66 bits per heavy atom. The molecule has 184 valence electrons. The first-order valence-corrected chi connectivity index (χ1v) is 12.8. The van der Waals surface area contributed by atoms with E-state index in [-0.39, 0.29) is 11.6 Å². The topological polar surface area (TPSA) is 73.7 Å². The Balaban J connectivity index is 1.46. The van der Waals surface area contributed by atoms with Crippen molar-refractivity contribution < 1.29 is 4.79 Å². The van der Waals surface area contributed by atoms with Crippen molar-refractivity contribution in [2.45, 2.75) is 11.4 Å². The molecule has 1 N–H and O–H groups in total. The standard InChI is InChI=1S/C26H32N6O2S/c1-29(2)17-18-35-24-23(20-28-32(25(24)33)22-11-7-4-8-12-22)30-13-15-31(16-14-30)26(34)27-19-21-9-5-3-6-10-21/h3-12,20H,13-19H2,1-2H3,(H,27,34). The van der Waals surface area contributed by atoms with Gasteiger partial charge in [0, 0.05) is 45.0 Å². The number of rotatable bonds is 8. The van der Waals surface area contributed by atoms with Gasteiger partial charge in [-0.2, -0.15) is 9.78 Å². The summed E-state index contributed by atoms with van der Waals surface area (Å²) >= 11 is 1.57. The second-order valence-corrected chi connectivity index (χ2v) is 9.79. The number of nitrogens with one attached hydrogen (secondary N) is 1. The predicted octanol–water partition coefficient (Wildman–Crippen LogP) is 2.92. The van der Waals surface area contributed by atoms with Gasteiger partial charge in [-0.15, -0.1) is 11.8 Å². The van der Waals surface area contributed by atoms with Crippen molar-refractivity contribution >= 4 is 23.5 Å². The third kappa shape index (κ3) is 6.43. The van der Waals surface area contributed by atoms with Crippen molar-refractivity contribution in [3.8, 4) is 5.69 Å². The van der Waals surface area contributed by atoms with Crippen LogP contribution in [0.2, 0.25) is 0 Å². The number of carbonyl (C=O) groups excluding carboxylic acids is 1. The first-order valence-electron chi connectivity index (χ1n) is 11.8. The molecule has 2 aromatic carbocycles. The fraction of sp³-hybridized carbons (Fsp3) is 0.346. The monoisotopic (exact) mass is 492 g/mol. The normalized spacial score (nSPS) is 13.8. The van der Waals surface area contributed by atoms with E-state index in [1.54, 1.807) is 18.0 Å². The molecule has 1 aliphatic heterocycles. The van der Waals surface area contributed by atoms with Crippen molar-refractivity contribution in [2.24, 2.45) is 0 Å². The highest BCUT2D eigenvalue weighted by atomic mass is 32.2. The van der Waals surface area contributed by atoms with E-state index in [0.717, 1.165) is 29.2 Å². The lowest BCUT2D eigenvalue weighted by Gasteiger charge is -2.36. The molecule has 0 unspecified atom stereocenters. The van der Waals surface area contributed by atoms with Crippen molar-refractivity contribution in [3.63, 3.8) is 0 Å². The fourth-order valence-electron chi connectivity index (χ4n) is 3.91. The van der Waals surface area contributed by atoms with Crippen LogP contribution in [0, 0.1) is 0 Å². The molecule has 1 saturated heterocycles. The number of urea groups is 1. The lowest BCUT2D eigenvalue weighted by molar-refractivity contribution is 0.194. The Bertz CT molecular complexity index is 1160. The number of aromatic nitrogens is 2. The van der Waals surface area contributed by atoms with Crippen LogP contribution in [0.5, 0.6) is 0 Å². The zero-order valence-electron chi connectivity index (χ0n) is 20.3. The predicted molar refractivity (Wildman–Crippen MR) is 142 cm³/mol. The summed E-state index contributed by atoms with van der Waals surface area (Å²) in [6, 6.07) is 19.3. The zero-order chi connectivity index (χ0) is 24.6. The van der Waals surface area contributed by atoms with Crippen LogP contribution >= 0.6 is 11.8 Å². The maximum absolute atomic E-state index is 13.5. The number of hydrogen-bond donors (Lipinski definition) is 1. The number of thioether (sulfide) groups is 1. The maximum Gasteiger partial charge on any atom is 0.317 e. The molecule has 0 bridgehead atoms. The summed E-state index contributed by atoms with van der Waals surface area (Å²) in [4.78, 5) is 32.9. The summed E-state index contributed by atoms with van der Waals surface area (Å²) in [5.41, 5.74) is 2.55. The largest absolute Gasteiger partial charge is 0.366 e. The van der Waals surface area contributed by atoms with E-state index in [0.29, 0.717) is 37.6 Å². The quantitative estimate of drug-likeness (QED) is 0.488. The summed E-state index contributed by atoms with van der Waals surface area (Å²) in [5, 5.41) is 7.49. The minimum absolute atomic E-state index is 0.0632. The number of carbonyl (C=O) groups is 1. The number of anilines is 1. The lowest BCUT2D eigenvalue weighted by atomic mass is 10.2. The van der Waals surface area contributed by atoms with Gasteiger partial charge in [0.15, 0.2) is 0 Å². The van der Waals surface area contributed by atoms with Gasteiger partial charge in [-0.1, -0.05) is 48.5 Å². The summed E-state index contributed by atoms with van der Waals surface area (Å²) in [6.45, 7) is 3.85. The van der Waals surface area contributed by atoms with Crippen LogP contribution < -0.4 is 15.8 Å². The number of para-hydroxylation sites is 1. The first-order chi connectivity index (χ1) is 17.0. The maximum atomic E-state index is 13.5. The number of benzene rings is 2. The van der Waals surface area contributed by atoms with Gasteiger partial charge < -0.3 is 20.0 Å². The number of piperazine rings is 1. The molecule has 0 saturated carbocycles. The second-order valence-electron chi connectivity index (χ2n) is 8.68. The second kappa shape index (κ2) is 11.9. The van der Waals surface area contributed by atoms with Gasteiger partial charge >= 0.3 is 6.03 Å². The van der Waals surface area contributed by atoms with E-state index in [1.807, 2.05) is 79.7 Å². The van der Waals surface area contributed by atoms with Crippen LogP contribution in [0.4, 0.5) is 10.5 Å². The van der Waals surface area contributed by atoms with Gasteiger partial charge in [0.25, 0.3) is 5.56 Å². The van der Waals surface area contributed by atoms with E-state index in [1.165, 1.54) is 4.68 Å². The van der Waals surface area contributed by atoms with E-state index in [4.69, 9.17) is 0 Å². The van der Waals surface area contributed by atoms with Gasteiger partial charge in [0.2, 0.25) is 0 Å². The molecular formula is C26H32N6O2S. The van der Waals surface area contributed by atoms with Gasteiger partial charge in [-0.05, 0) is 31.8 Å². The SMILES string of the molecule is CN(C)CCSc1c(N2CCN(C(=O)NCc3ccccc3)CC2)cnn(-c2ccccc2)c1=O. The third-order valence-electron chi connectivity index (χ3n) is 5.89.